The fraction of sp³-hybridized carbons (Fsp3) is 0.286. The highest BCUT2D eigenvalue weighted by molar-refractivity contribution is 7.81. The molecule has 1 fully saturated rings. The summed E-state index contributed by atoms with van der Waals surface area (Å²) in [6.45, 7) is 9.20. The minimum Gasteiger partial charge on any atom is -0.395 e. The summed E-state index contributed by atoms with van der Waals surface area (Å²) in [7, 11) is 0. The summed E-state index contributed by atoms with van der Waals surface area (Å²) < 4.78 is 0. The van der Waals surface area contributed by atoms with E-state index >= 15 is 0 Å². The van der Waals surface area contributed by atoms with Crippen molar-refractivity contribution in [2.45, 2.75) is 25.8 Å². The predicted octanol–water partition coefficient (Wildman–Crippen LogP) is 3.96. The summed E-state index contributed by atoms with van der Waals surface area (Å²) in [5.74, 6) is 0. The van der Waals surface area contributed by atoms with Crippen LogP contribution in [0.15, 0.2) is 35.7 Å². The largest absolute Gasteiger partial charge is 0.395 e. The number of halogens is 1. The number of hydrogen-bond donors (Lipinski definition) is 1. The van der Waals surface area contributed by atoms with Crippen LogP contribution in [0.2, 0.25) is 5.02 Å². The average molecular weight is 277 g/mol. The molecule has 0 radical (unpaired) electrons. The van der Waals surface area contributed by atoms with Crippen LogP contribution >= 0.6 is 23.8 Å². The van der Waals surface area contributed by atoms with Gasteiger partial charge >= 0.3 is 0 Å². The molecule has 0 bridgehead atoms. The van der Waals surface area contributed by atoms with Gasteiger partial charge in [0, 0.05) is 16.8 Å². The van der Waals surface area contributed by atoms with Crippen LogP contribution in [0, 0.1) is 6.57 Å². The lowest BCUT2D eigenvalue weighted by molar-refractivity contribution is 0.802. The summed E-state index contributed by atoms with van der Waals surface area (Å²) in [5.41, 5.74) is 2.25. The van der Waals surface area contributed by atoms with E-state index in [2.05, 4.69) is 10.2 Å². The third kappa shape index (κ3) is 3.10. The van der Waals surface area contributed by atoms with Crippen LogP contribution in [-0.2, 0) is 0 Å². The number of allylic oxidation sites excluding steroid dienone is 2. The first-order valence-electron chi connectivity index (χ1n) is 5.77. The van der Waals surface area contributed by atoms with Gasteiger partial charge in [-0.1, -0.05) is 36.0 Å². The normalized spacial score (nSPS) is 15.6. The molecule has 0 unspecified atom stereocenters. The lowest BCUT2D eigenvalue weighted by Crippen LogP contribution is -2.17. The molecule has 4 heteroatoms. The predicted molar refractivity (Wildman–Crippen MR) is 78.6 cm³/mol. The zero-order valence-corrected chi connectivity index (χ0v) is 11.6. The first kappa shape index (κ1) is 13.1. The maximum atomic E-state index is 7.29. The van der Waals surface area contributed by atoms with Crippen LogP contribution in [0.4, 0.5) is 0 Å². The number of nitrogens with zero attached hydrogens (tertiary/aromatic N) is 1. The maximum absolute atomic E-state index is 7.29. The molecule has 1 aromatic rings. The monoisotopic (exact) mass is 276 g/mol. The standard InChI is InChI=1S/C14H13ClN2S/c1-9(17-12-7-8-12)13(16-2)14(18)10-3-5-11(15)6-4-10/h3-6,12,17H,7-8H2,1H3/b13-9+. The Morgan fingerprint density at radius 2 is 2.00 bits per heavy atom. The minimum absolute atomic E-state index is 0.523. The van der Waals surface area contributed by atoms with Crippen LogP contribution in [0.3, 0.4) is 0 Å². The van der Waals surface area contributed by atoms with Crippen molar-refractivity contribution in [3.8, 4) is 0 Å². The average Bonchev–Trinajstić information content (AvgIpc) is 3.14. The van der Waals surface area contributed by atoms with Crippen LogP contribution in [0.1, 0.15) is 25.3 Å². The smallest absolute Gasteiger partial charge is 0.223 e. The molecule has 18 heavy (non-hydrogen) atoms. The van der Waals surface area contributed by atoms with Gasteiger partial charge in [0.15, 0.2) is 0 Å². The number of nitrogens with one attached hydrogen (secondary N) is 1. The van der Waals surface area contributed by atoms with Gasteiger partial charge in [-0.2, -0.15) is 0 Å². The Balaban J connectivity index is 2.24. The zero-order valence-electron chi connectivity index (χ0n) is 10.0. The van der Waals surface area contributed by atoms with E-state index in [1.165, 1.54) is 12.8 Å². The molecule has 0 aromatic heterocycles. The highest BCUT2D eigenvalue weighted by Crippen LogP contribution is 2.23. The number of benzene rings is 1. The summed E-state index contributed by atoms with van der Waals surface area (Å²) in [4.78, 5) is 4.14. The second-order valence-electron chi connectivity index (χ2n) is 4.34. The highest BCUT2D eigenvalue weighted by atomic mass is 35.5. The molecule has 0 spiro atoms. The van der Waals surface area contributed by atoms with Crippen LogP contribution in [0.25, 0.3) is 4.85 Å². The maximum Gasteiger partial charge on any atom is 0.223 e. The second-order valence-corrected chi connectivity index (χ2v) is 5.18. The fourth-order valence-corrected chi connectivity index (χ4v) is 2.11. The van der Waals surface area contributed by atoms with Crippen molar-refractivity contribution < 1.29 is 0 Å². The molecule has 0 aliphatic heterocycles. The zero-order chi connectivity index (χ0) is 13.1. The van der Waals surface area contributed by atoms with E-state index in [0.717, 1.165) is 11.3 Å². The summed E-state index contributed by atoms with van der Waals surface area (Å²) in [6, 6.07) is 7.79. The Morgan fingerprint density at radius 3 is 2.50 bits per heavy atom. The van der Waals surface area contributed by atoms with Gasteiger partial charge in [0.2, 0.25) is 5.70 Å². The van der Waals surface area contributed by atoms with Gasteiger partial charge in [0.1, 0.15) is 0 Å². The lowest BCUT2D eigenvalue weighted by Gasteiger charge is -2.09. The second kappa shape index (κ2) is 5.51. The Bertz CT molecular complexity index is 536. The Morgan fingerprint density at radius 1 is 1.39 bits per heavy atom. The summed E-state index contributed by atoms with van der Waals surface area (Å²) in [5, 5.41) is 3.99. The van der Waals surface area contributed by atoms with Crippen molar-refractivity contribution in [3.63, 3.8) is 0 Å². The van der Waals surface area contributed by atoms with Crippen molar-refractivity contribution in [1.29, 1.82) is 0 Å². The van der Waals surface area contributed by atoms with Gasteiger partial charge < -0.3 is 5.32 Å². The lowest BCUT2D eigenvalue weighted by atomic mass is 10.1. The number of thiocarbonyl (C=S) groups is 1. The van der Waals surface area contributed by atoms with Crippen molar-refractivity contribution in [2.75, 3.05) is 0 Å². The van der Waals surface area contributed by atoms with E-state index in [9.17, 15) is 0 Å². The summed E-state index contributed by atoms with van der Waals surface area (Å²) >= 11 is 11.2. The van der Waals surface area contributed by atoms with Crippen molar-refractivity contribution in [2.24, 2.45) is 0 Å². The fourth-order valence-electron chi connectivity index (χ4n) is 1.65. The Kier molecular flexibility index (Phi) is 4.00. The Labute approximate surface area is 117 Å². The molecule has 2 nitrogen and oxygen atoms in total. The quantitative estimate of drug-likeness (QED) is 0.388. The molecular weight excluding hydrogens is 264 g/mol. The van der Waals surface area contributed by atoms with E-state index in [4.69, 9.17) is 30.4 Å². The highest BCUT2D eigenvalue weighted by Gasteiger charge is 2.22. The molecule has 1 aromatic carbocycles. The van der Waals surface area contributed by atoms with E-state index in [1.54, 1.807) is 12.1 Å². The van der Waals surface area contributed by atoms with Gasteiger partial charge in [0.25, 0.3) is 0 Å². The molecule has 1 aliphatic rings. The van der Waals surface area contributed by atoms with Crippen LogP contribution in [-0.4, -0.2) is 10.9 Å². The van der Waals surface area contributed by atoms with Gasteiger partial charge in [-0.05, 0) is 37.5 Å². The molecular formula is C14H13ClN2S. The van der Waals surface area contributed by atoms with Gasteiger partial charge in [-0.25, -0.2) is 4.85 Å². The van der Waals surface area contributed by atoms with E-state index in [0.29, 0.717) is 21.6 Å². The van der Waals surface area contributed by atoms with Gasteiger partial charge in [-0.3, -0.25) is 0 Å². The van der Waals surface area contributed by atoms with Crippen LogP contribution < -0.4 is 5.32 Å². The van der Waals surface area contributed by atoms with E-state index in [1.807, 2.05) is 19.1 Å². The van der Waals surface area contributed by atoms with E-state index < -0.39 is 0 Å². The minimum atomic E-state index is 0.523. The first-order valence-corrected chi connectivity index (χ1v) is 6.55. The molecule has 0 heterocycles. The third-order valence-electron chi connectivity index (χ3n) is 2.79. The SMILES string of the molecule is [C-]#[N+]/C(C(=S)c1ccc(Cl)cc1)=C(\C)NC1CC1. The van der Waals surface area contributed by atoms with E-state index in [-0.39, 0.29) is 0 Å². The first-order chi connectivity index (χ1) is 8.61. The van der Waals surface area contributed by atoms with Crippen molar-refractivity contribution >= 4 is 28.7 Å². The van der Waals surface area contributed by atoms with Crippen molar-refractivity contribution in [1.82, 2.24) is 5.32 Å². The Hall–Kier alpha value is -1.37. The third-order valence-corrected chi connectivity index (χ3v) is 3.47. The molecule has 0 amide bonds. The number of rotatable bonds is 4. The van der Waals surface area contributed by atoms with Crippen LogP contribution in [0.5, 0.6) is 0 Å². The van der Waals surface area contributed by atoms with Gasteiger partial charge in [0.05, 0.1) is 11.4 Å². The molecule has 1 aliphatic carbocycles. The molecule has 0 atom stereocenters. The number of hydrogen-bond acceptors (Lipinski definition) is 2. The van der Waals surface area contributed by atoms with Gasteiger partial charge in [-0.15, -0.1) is 0 Å². The molecule has 2 rings (SSSR count). The topological polar surface area (TPSA) is 16.4 Å². The molecule has 1 N–H and O–H groups in total. The molecule has 1 saturated carbocycles. The molecule has 0 saturated heterocycles. The van der Waals surface area contributed by atoms with Crippen molar-refractivity contribution in [3.05, 3.63) is 57.7 Å². The molecule has 92 valence electrons. The summed E-state index contributed by atoms with van der Waals surface area (Å²) in [6.07, 6.45) is 2.35.